The Balaban J connectivity index is 1.89. The number of rotatable bonds is 2. The summed E-state index contributed by atoms with van der Waals surface area (Å²) >= 11 is 0. The largest absolute Gasteiger partial charge is 0.305 e. The van der Waals surface area contributed by atoms with Gasteiger partial charge < -0.3 is 5.41 Å². The lowest BCUT2D eigenvalue weighted by Crippen LogP contribution is -2.49. The first kappa shape index (κ1) is 18.7. The van der Waals surface area contributed by atoms with Crippen molar-refractivity contribution in [3.05, 3.63) is 83.4 Å². The van der Waals surface area contributed by atoms with Crippen LogP contribution in [0.25, 0.3) is 0 Å². The van der Waals surface area contributed by atoms with Gasteiger partial charge in [-0.05, 0) is 41.4 Å². The van der Waals surface area contributed by atoms with Crippen molar-refractivity contribution < 1.29 is 0 Å². The maximum Gasteiger partial charge on any atom is 0.189 e. The maximum absolute atomic E-state index is 10.1. The van der Waals surface area contributed by atoms with E-state index in [1.54, 1.807) is 0 Å². The Morgan fingerprint density at radius 1 is 0.862 bits per heavy atom. The number of nitriles is 3. The first-order valence-corrected chi connectivity index (χ1v) is 9.77. The topological polar surface area (TPSA) is 95.2 Å². The van der Waals surface area contributed by atoms with Crippen LogP contribution < -0.4 is 0 Å². The molecule has 2 aliphatic carbocycles. The molecule has 1 fully saturated rings. The zero-order valence-electron chi connectivity index (χ0n) is 15.9. The molecule has 140 valence electrons. The van der Waals surface area contributed by atoms with Crippen LogP contribution in [0.2, 0.25) is 0 Å². The summed E-state index contributed by atoms with van der Waals surface area (Å²) in [6.45, 7) is 0. The van der Waals surface area contributed by atoms with Crippen molar-refractivity contribution in [2.45, 2.75) is 24.7 Å². The lowest BCUT2D eigenvalue weighted by Gasteiger charge is -2.47. The van der Waals surface area contributed by atoms with Crippen LogP contribution in [0.1, 0.15) is 35.8 Å². The number of hydrogen-bond acceptors (Lipinski definition) is 4. The molecule has 0 radical (unpaired) electrons. The lowest BCUT2D eigenvalue weighted by atomic mass is 9.52. The molecule has 0 bridgehead atoms. The summed E-state index contributed by atoms with van der Waals surface area (Å²) in [6, 6.07) is 26.3. The Hall–Kier alpha value is -3.68. The molecule has 0 saturated heterocycles. The summed E-state index contributed by atoms with van der Waals surface area (Å²) in [7, 11) is 0. The summed E-state index contributed by atoms with van der Waals surface area (Å²) < 4.78 is 0. The monoisotopic (exact) mass is 376 g/mol. The molecule has 4 nitrogen and oxygen atoms in total. The van der Waals surface area contributed by atoms with E-state index in [-0.39, 0.29) is 17.5 Å². The molecule has 2 aromatic rings. The summed E-state index contributed by atoms with van der Waals surface area (Å²) in [5, 5.41) is 38.6. The Kier molecular flexibility index (Phi) is 4.75. The number of nitrogens with zero attached hydrogens (tertiary/aromatic N) is 3. The Labute approximate surface area is 170 Å². The quantitative estimate of drug-likeness (QED) is 0.739. The standard InChI is InChI=1S/C25H20N4/c26-14-22-20-12-11-19(17-7-3-1-4-8-17)13-21(20)23(18-9-5-2-6-10-18)25(15-27,16-28)24(22)29/h1-10,12,19,21-23,29H,11,13H2/t19-,21-,22?,23+/m1/s1. The van der Waals surface area contributed by atoms with Gasteiger partial charge in [0.15, 0.2) is 5.41 Å². The fourth-order valence-electron chi connectivity index (χ4n) is 5.06. The van der Waals surface area contributed by atoms with Crippen LogP contribution in [0.3, 0.4) is 0 Å². The first-order valence-electron chi connectivity index (χ1n) is 9.77. The molecule has 2 aliphatic rings. The third kappa shape index (κ3) is 2.84. The van der Waals surface area contributed by atoms with Gasteiger partial charge in [-0.3, -0.25) is 0 Å². The third-order valence-electron chi connectivity index (χ3n) is 6.43. The van der Waals surface area contributed by atoms with Gasteiger partial charge in [0.2, 0.25) is 0 Å². The van der Waals surface area contributed by atoms with E-state index in [1.165, 1.54) is 5.56 Å². The summed E-state index contributed by atoms with van der Waals surface area (Å²) in [4.78, 5) is 0. The second-order valence-electron chi connectivity index (χ2n) is 7.79. The fourth-order valence-corrected chi connectivity index (χ4v) is 5.06. The zero-order valence-corrected chi connectivity index (χ0v) is 15.9. The second kappa shape index (κ2) is 7.38. The van der Waals surface area contributed by atoms with Gasteiger partial charge in [0, 0.05) is 5.92 Å². The molecule has 2 aromatic carbocycles. The Morgan fingerprint density at radius 2 is 1.45 bits per heavy atom. The third-order valence-corrected chi connectivity index (χ3v) is 6.43. The molecule has 1 N–H and O–H groups in total. The lowest BCUT2D eigenvalue weighted by molar-refractivity contribution is 0.304. The van der Waals surface area contributed by atoms with Gasteiger partial charge in [-0.25, -0.2) is 0 Å². The van der Waals surface area contributed by atoms with Crippen LogP contribution in [0.5, 0.6) is 0 Å². The van der Waals surface area contributed by atoms with E-state index in [9.17, 15) is 15.8 Å². The normalized spacial score (nSPS) is 27.5. The van der Waals surface area contributed by atoms with E-state index in [0.717, 1.165) is 24.0 Å². The molecule has 1 saturated carbocycles. The van der Waals surface area contributed by atoms with Gasteiger partial charge >= 0.3 is 0 Å². The van der Waals surface area contributed by atoms with E-state index >= 15 is 0 Å². The van der Waals surface area contributed by atoms with Gasteiger partial charge in [0.1, 0.15) is 5.92 Å². The van der Waals surface area contributed by atoms with Crippen LogP contribution in [0.15, 0.2) is 72.3 Å². The molecule has 4 rings (SSSR count). The summed E-state index contributed by atoms with van der Waals surface area (Å²) in [6.07, 6.45) is 3.64. The van der Waals surface area contributed by atoms with Crippen LogP contribution in [-0.2, 0) is 0 Å². The van der Waals surface area contributed by atoms with Gasteiger partial charge in [-0.1, -0.05) is 66.7 Å². The molecular weight excluding hydrogens is 356 g/mol. The van der Waals surface area contributed by atoms with Gasteiger partial charge in [0.05, 0.1) is 23.9 Å². The van der Waals surface area contributed by atoms with Crippen molar-refractivity contribution in [1.29, 1.82) is 21.2 Å². The van der Waals surface area contributed by atoms with Crippen LogP contribution in [0.4, 0.5) is 0 Å². The first-order chi connectivity index (χ1) is 14.2. The number of nitrogens with one attached hydrogen (secondary N) is 1. The van der Waals surface area contributed by atoms with Gasteiger partial charge in [-0.15, -0.1) is 0 Å². The highest BCUT2D eigenvalue weighted by molar-refractivity contribution is 6.00. The molecule has 0 aliphatic heterocycles. The zero-order chi connectivity index (χ0) is 20.4. The van der Waals surface area contributed by atoms with E-state index in [2.05, 4.69) is 36.4 Å². The van der Waals surface area contributed by atoms with Crippen LogP contribution in [-0.4, -0.2) is 5.71 Å². The summed E-state index contributed by atoms with van der Waals surface area (Å²) in [5.41, 5.74) is 1.28. The number of benzene rings is 2. The van der Waals surface area contributed by atoms with Gasteiger partial charge in [-0.2, -0.15) is 15.8 Å². The van der Waals surface area contributed by atoms with E-state index in [0.29, 0.717) is 0 Å². The van der Waals surface area contributed by atoms with E-state index in [1.807, 2.05) is 48.5 Å². The van der Waals surface area contributed by atoms with Crippen molar-refractivity contribution >= 4 is 5.71 Å². The minimum absolute atomic E-state index is 0.0838. The smallest absolute Gasteiger partial charge is 0.189 e. The number of hydrogen-bond donors (Lipinski definition) is 1. The molecule has 4 atom stereocenters. The summed E-state index contributed by atoms with van der Waals surface area (Å²) in [5.74, 6) is -1.14. The molecule has 29 heavy (non-hydrogen) atoms. The highest BCUT2D eigenvalue weighted by atomic mass is 14.7. The van der Waals surface area contributed by atoms with E-state index in [4.69, 9.17) is 5.41 Å². The van der Waals surface area contributed by atoms with Crippen LogP contribution >= 0.6 is 0 Å². The SMILES string of the molecule is N#CC1C(=N)C(C#N)(C#N)[C@@H](c2ccccc2)[C@@H]2C[C@H](c3ccccc3)CC=C12. The van der Waals surface area contributed by atoms with Crippen molar-refractivity contribution in [1.82, 2.24) is 0 Å². The minimum Gasteiger partial charge on any atom is -0.305 e. The predicted octanol–water partition coefficient (Wildman–Crippen LogP) is 5.10. The second-order valence-corrected chi connectivity index (χ2v) is 7.79. The Bertz CT molecular complexity index is 1070. The van der Waals surface area contributed by atoms with Gasteiger partial charge in [0.25, 0.3) is 0 Å². The maximum atomic E-state index is 10.1. The van der Waals surface area contributed by atoms with Crippen molar-refractivity contribution in [2.75, 3.05) is 0 Å². The predicted molar refractivity (Wildman–Crippen MR) is 110 cm³/mol. The molecule has 0 spiro atoms. The fraction of sp³-hybridized carbons (Fsp3) is 0.280. The molecular formula is C25H20N4. The number of allylic oxidation sites excluding steroid dienone is 2. The molecule has 0 amide bonds. The average molecular weight is 376 g/mol. The van der Waals surface area contributed by atoms with Crippen LogP contribution in [0, 0.1) is 56.7 Å². The van der Waals surface area contributed by atoms with Crippen molar-refractivity contribution in [3.63, 3.8) is 0 Å². The minimum atomic E-state index is -1.64. The van der Waals surface area contributed by atoms with Crippen molar-refractivity contribution in [2.24, 2.45) is 17.3 Å². The Morgan fingerprint density at radius 3 is 2.00 bits per heavy atom. The highest BCUT2D eigenvalue weighted by Gasteiger charge is 2.57. The average Bonchev–Trinajstić information content (AvgIpc) is 2.79. The molecule has 0 heterocycles. The molecule has 1 unspecified atom stereocenters. The number of fused-ring (bicyclic) bond motifs is 1. The highest BCUT2D eigenvalue weighted by Crippen LogP contribution is 2.56. The van der Waals surface area contributed by atoms with Crippen molar-refractivity contribution in [3.8, 4) is 18.2 Å². The molecule has 0 aromatic heterocycles. The molecule has 4 heteroatoms. The van der Waals surface area contributed by atoms with E-state index < -0.39 is 17.3 Å².